The molecule has 0 aliphatic carbocycles. The van der Waals surface area contributed by atoms with Crippen molar-refractivity contribution in [2.45, 2.75) is 13.0 Å². The highest BCUT2D eigenvalue weighted by molar-refractivity contribution is 5.79. The SMILES string of the molecule is Cc1ccc(F)c(C(NN)c2ccc3cccnc3c2)c1. The second-order valence-corrected chi connectivity index (χ2v) is 5.08. The first-order chi connectivity index (χ1) is 10.2. The lowest BCUT2D eigenvalue weighted by Gasteiger charge is -2.18. The van der Waals surface area contributed by atoms with Gasteiger partial charge in [0.1, 0.15) is 5.82 Å². The maximum atomic E-state index is 14.1. The molecule has 3 N–H and O–H groups in total. The molecule has 21 heavy (non-hydrogen) atoms. The minimum atomic E-state index is -0.406. The van der Waals surface area contributed by atoms with Crippen LogP contribution in [0.15, 0.2) is 54.7 Å². The van der Waals surface area contributed by atoms with Crippen LogP contribution < -0.4 is 11.3 Å². The van der Waals surface area contributed by atoms with Crippen LogP contribution in [0.3, 0.4) is 0 Å². The molecule has 0 saturated heterocycles. The Bertz CT molecular complexity index is 786. The van der Waals surface area contributed by atoms with E-state index in [4.69, 9.17) is 5.84 Å². The number of nitrogens with zero attached hydrogens (tertiary/aromatic N) is 1. The number of fused-ring (bicyclic) bond motifs is 1. The molecule has 3 aromatic rings. The second-order valence-electron chi connectivity index (χ2n) is 5.08. The predicted molar refractivity (Wildman–Crippen MR) is 82.0 cm³/mol. The van der Waals surface area contributed by atoms with Crippen molar-refractivity contribution in [2.75, 3.05) is 0 Å². The first kappa shape index (κ1) is 13.7. The summed E-state index contributed by atoms with van der Waals surface area (Å²) in [6, 6.07) is 14.3. The van der Waals surface area contributed by atoms with Crippen molar-refractivity contribution < 1.29 is 4.39 Å². The Morgan fingerprint density at radius 2 is 2.00 bits per heavy atom. The predicted octanol–water partition coefficient (Wildman–Crippen LogP) is 3.24. The molecule has 0 saturated carbocycles. The van der Waals surface area contributed by atoms with Gasteiger partial charge in [0.15, 0.2) is 0 Å². The Hall–Kier alpha value is -2.30. The van der Waals surface area contributed by atoms with E-state index in [9.17, 15) is 4.39 Å². The average Bonchev–Trinajstić information content (AvgIpc) is 2.51. The molecule has 106 valence electrons. The maximum Gasteiger partial charge on any atom is 0.128 e. The van der Waals surface area contributed by atoms with Crippen LogP contribution in [0.25, 0.3) is 10.9 Å². The molecule has 1 atom stereocenters. The standard InChI is InChI=1S/C17H16FN3/c1-11-4-7-15(18)14(9-11)17(21-19)13-6-5-12-3-2-8-20-16(12)10-13/h2-10,17,21H,19H2,1H3. The van der Waals surface area contributed by atoms with Gasteiger partial charge in [-0.15, -0.1) is 0 Å². The van der Waals surface area contributed by atoms with Gasteiger partial charge in [0.05, 0.1) is 11.6 Å². The van der Waals surface area contributed by atoms with Crippen molar-refractivity contribution >= 4 is 10.9 Å². The molecule has 1 unspecified atom stereocenters. The van der Waals surface area contributed by atoms with Crippen molar-refractivity contribution in [1.29, 1.82) is 0 Å². The number of hydrazine groups is 1. The van der Waals surface area contributed by atoms with Crippen LogP contribution in [-0.2, 0) is 0 Å². The van der Waals surface area contributed by atoms with Crippen LogP contribution >= 0.6 is 0 Å². The Kier molecular flexibility index (Phi) is 3.64. The number of pyridine rings is 1. The number of hydrogen-bond acceptors (Lipinski definition) is 3. The quantitative estimate of drug-likeness (QED) is 0.572. The van der Waals surface area contributed by atoms with Crippen LogP contribution in [0, 0.1) is 12.7 Å². The van der Waals surface area contributed by atoms with E-state index in [1.165, 1.54) is 6.07 Å². The number of nitrogens with one attached hydrogen (secondary N) is 1. The highest BCUT2D eigenvalue weighted by Gasteiger charge is 2.17. The normalized spacial score (nSPS) is 12.5. The lowest BCUT2D eigenvalue weighted by atomic mass is 9.96. The maximum absolute atomic E-state index is 14.1. The van der Waals surface area contributed by atoms with Crippen LogP contribution in [0.2, 0.25) is 0 Å². The van der Waals surface area contributed by atoms with Gasteiger partial charge in [0.25, 0.3) is 0 Å². The molecule has 0 aliphatic rings. The number of halogens is 1. The van der Waals surface area contributed by atoms with Crippen molar-refractivity contribution in [2.24, 2.45) is 5.84 Å². The van der Waals surface area contributed by atoms with E-state index in [0.717, 1.165) is 22.0 Å². The highest BCUT2D eigenvalue weighted by atomic mass is 19.1. The Labute approximate surface area is 122 Å². The van der Waals surface area contributed by atoms with E-state index in [1.54, 1.807) is 12.3 Å². The number of aromatic nitrogens is 1. The lowest BCUT2D eigenvalue weighted by molar-refractivity contribution is 0.560. The van der Waals surface area contributed by atoms with Gasteiger partial charge in [-0.3, -0.25) is 10.8 Å². The number of rotatable bonds is 3. The van der Waals surface area contributed by atoms with E-state index in [-0.39, 0.29) is 5.82 Å². The van der Waals surface area contributed by atoms with Crippen LogP contribution in [0.5, 0.6) is 0 Å². The summed E-state index contributed by atoms with van der Waals surface area (Å²) in [5.41, 5.74) is 5.97. The van der Waals surface area contributed by atoms with Gasteiger partial charge in [-0.1, -0.05) is 35.9 Å². The van der Waals surface area contributed by atoms with Gasteiger partial charge in [-0.2, -0.15) is 0 Å². The fourth-order valence-corrected chi connectivity index (χ4v) is 2.51. The zero-order chi connectivity index (χ0) is 14.8. The summed E-state index contributed by atoms with van der Waals surface area (Å²) in [4.78, 5) is 4.33. The van der Waals surface area contributed by atoms with E-state index < -0.39 is 6.04 Å². The first-order valence-electron chi connectivity index (χ1n) is 6.76. The number of aryl methyl sites for hydroxylation is 1. The molecule has 0 bridgehead atoms. The van der Waals surface area contributed by atoms with Gasteiger partial charge in [-0.05, 0) is 30.7 Å². The van der Waals surface area contributed by atoms with E-state index in [2.05, 4.69) is 10.4 Å². The monoisotopic (exact) mass is 281 g/mol. The number of hydrogen-bond donors (Lipinski definition) is 2. The molecule has 1 aromatic heterocycles. The number of nitrogens with two attached hydrogens (primary N) is 1. The van der Waals surface area contributed by atoms with Crippen LogP contribution in [-0.4, -0.2) is 4.98 Å². The zero-order valence-electron chi connectivity index (χ0n) is 11.7. The Morgan fingerprint density at radius 1 is 1.14 bits per heavy atom. The van der Waals surface area contributed by atoms with Crippen LogP contribution in [0.1, 0.15) is 22.7 Å². The zero-order valence-corrected chi connectivity index (χ0v) is 11.7. The molecule has 0 radical (unpaired) electrons. The Balaban J connectivity index is 2.11. The molecule has 0 amide bonds. The summed E-state index contributed by atoms with van der Waals surface area (Å²) >= 11 is 0. The molecular weight excluding hydrogens is 265 g/mol. The lowest BCUT2D eigenvalue weighted by Crippen LogP contribution is -2.29. The molecule has 1 heterocycles. The molecule has 0 spiro atoms. The summed E-state index contributed by atoms with van der Waals surface area (Å²) in [5.74, 6) is 5.39. The minimum Gasteiger partial charge on any atom is -0.271 e. The molecule has 3 nitrogen and oxygen atoms in total. The topological polar surface area (TPSA) is 50.9 Å². The largest absolute Gasteiger partial charge is 0.271 e. The van der Waals surface area contributed by atoms with E-state index in [0.29, 0.717) is 5.56 Å². The second kappa shape index (κ2) is 5.60. The fraction of sp³-hybridized carbons (Fsp3) is 0.118. The van der Waals surface area contributed by atoms with Crippen molar-refractivity contribution in [3.63, 3.8) is 0 Å². The third kappa shape index (κ3) is 2.63. The molecule has 4 heteroatoms. The number of benzene rings is 2. The summed E-state index contributed by atoms with van der Waals surface area (Å²) in [7, 11) is 0. The van der Waals surface area contributed by atoms with Gasteiger partial charge >= 0.3 is 0 Å². The average molecular weight is 281 g/mol. The third-order valence-electron chi connectivity index (χ3n) is 3.59. The molecule has 2 aromatic carbocycles. The summed E-state index contributed by atoms with van der Waals surface area (Å²) in [5, 5.41) is 1.04. The smallest absolute Gasteiger partial charge is 0.128 e. The van der Waals surface area contributed by atoms with Gasteiger partial charge in [0.2, 0.25) is 0 Å². The molecule has 3 rings (SSSR count). The minimum absolute atomic E-state index is 0.273. The summed E-state index contributed by atoms with van der Waals surface area (Å²) < 4.78 is 14.1. The molecule has 0 aliphatic heterocycles. The summed E-state index contributed by atoms with van der Waals surface area (Å²) in [6.07, 6.45) is 1.74. The van der Waals surface area contributed by atoms with Crippen LogP contribution in [0.4, 0.5) is 4.39 Å². The van der Waals surface area contributed by atoms with Gasteiger partial charge in [0, 0.05) is 17.1 Å². The van der Waals surface area contributed by atoms with Gasteiger partial charge < -0.3 is 0 Å². The highest BCUT2D eigenvalue weighted by Crippen LogP contribution is 2.26. The first-order valence-corrected chi connectivity index (χ1v) is 6.76. The fourth-order valence-electron chi connectivity index (χ4n) is 2.51. The third-order valence-corrected chi connectivity index (χ3v) is 3.59. The van der Waals surface area contributed by atoms with E-state index in [1.807, 2.05) is 43.3 Å². The van der Waals surface area contributed by atoms with Crippen molar-refractivity contribution in [3.8, 4) is 0 Å². The van der Waals surface area contributed by atoms with E-state index >= 15 is 0 Å². The molecular formula is C17H16FN3. The van der Waals surface area contributed by atoms with Gasteiger partial charge in [-0.25, -0.2) is 9.82 Å². The molecule has 0 fully saturated rings. The van der Waals surface area contributed by atoms with Crippen molar-refractivity contribution in [1.82, 2.24) is 10.4 Å². The summed E-state index contributed by atoms with van der Waals surface area (Å²) in [6.45, 7) is 1.93. The Morgan fingerprint density at radius 3 is 2.81 bits per heavy atom. The van der Waals surface area contributed by atoms with Crippen molar-refractivity contribution in [3.05, 3.63) is 77.2 Å².